The molecular weight excluding hydrogens is 324 g/mol. The number of hydrogen-bond acceptors (Lipinski definition) is 2. The molecule has 2 nitrogen and oxygen atoms in total. The van der Waals surface area contributed by atoms with Gasteiger partial charge in [-0.15, -0.1) is 11.3 Å². The Balaban J connectivity index is 1.82. The highest BCUT2D eigenvalue weighted by Gasteiger charge is 2.13. The molecule has 0 atom stereocenters. The largest absolute Gasteiger partial charge is 0.236 e. The van der Waals surface area contributed by atoms with Crippen LogP contribution in [0, 0.1) is 6.92 Å². The van der Waals surface area contributed by atoms with Gasteiger partial charge in [0.1, 0.15) is 12.1 Å². The van der Waals surface area contributed by atoms with Crippen LogP contribution in [0.1, 0.15) is 5.56 Å². The Morgan fingerprint density at radius 2 is 1.80 bits per heavy atom. The van der Waals surface area contributed by atoms with Gasteiger partial charge >= 0.3 is 0 Å². The molecule has 5 rings (SSSR count). The molecule has 120 valence electrons. The molecule has 0 unspecified atom stereocenters. The molecule has 0 aliphatic heterocycles. The van der Waals surface area contributed by atoms with Crippen molar-refractivity contribution in [2.24, 2.45) is 7.05 Å². The first-order chi connectivity index (χ1) is 12.2. The quantitative estimate of drug-likeness (QED) is 0.294. The lowest BCUT2D eigenvalue weighted by molar-refractivity contribution is -0.643. The zero-order valence-electron chi connectivity index (χ0n) is 14.2. The number of thiazole rings is 1. The molecule has 0 aliphatic carbocycles. The highest BCUT2D eigenvalue weighted by molar-refractivity contribution is 7.21. The maximum atomic E-state index is 4.82. The van der Waals surface area contributed by atoms with E-state index in [1.807, 2.05) is 6.07 Å². The fraction of sp³-hybridized carbons (Fsp3) is 0.0909. The van der Waals surface area contributed by atoms with Crippen molar-refractivity contribution in [1.82, 2.24) is 4.98 Å². The van der Waals surface area contributed by atoms with E-state index in [1.54, 1.807) is 11.3 Å². The first kappa shape index (κ1) is 14.6. The first-order valence-corrected chi connectivity index (χ1v) is 9.19. The van der Waals surface area contributed by atoms with Gasteiger partial charge in [-0.25, -0.2) is 9.55 Å². The SMILES string of the molecule is Cc1ccc2c[n+](C)c3ccc(-c4nc5ccccc5s4)cc3c2c1. The van der Waals surface area contributed by atoms with Gasteiger partial charge in [0.2, 0.25) is 5.52 Å². The van der Waals surface area contributed by atoms with E-state index in [2.05, 4.69) is 79.3 Å². The molecule has 0 N–H and O–H groups in total. The molecule has 0 saturated carbocycles. The van der Waals surface area contributed by atoms with Gasteiger partial charge in [-0.2, -0.15) is 0 Å². The molecule has 3 aromatic carbocycles. The Bertz CT molecular complexity index is 1230. The minimum Gasteiger partial charge on any atom is -0.236 e. The van der Waals surface area contributed by atoms with Crippen molar-refractivity contribution in [2.45, 2.75) is 6.92 Å². The van der Waals surface area contributed by atoms with Crippen LogP contribution < -0.4 is 4.57 Å². The number of aromatic nitrogens is 2. The number of para-hydroxylation sites is 1. The fourth-order valence-corrected chi connectivity index (χ4v) is 4.44. The molecule has 0 bridgehead atoms. The van der Waals surface area contributed by atoms with E-state index >= 15 is 0 Å². The summed E-state index contributed by atoms with van der Waals surface area (Å²) in [6.07, 6.45) is 2.20. The third kappa shape index (κ3) is 2.31. The topological polar surface area (TPSA) is 16.8 Å². The summed E-state index contributed by atoms with van der Waals surface area (Å²) in [6.45, 7) is 2.15. The van der Waals surface area contributed by atoms with Crippen molar-refractivity contribution in [3.8, 4) is 10.6 Å². The van der Waals surface area contributed by atoms with E-state index < -0.39 is 0 Å². The van der Waals surface area contributed by atoms with Crippen molar-refractivity contribution in [2.75, 3.05) is 0 Å². The average molecular weight is 341 g/mol. The molecule has 25 heavy (non-hydrogen) atoms. The molecule has 2 aromatic heterocycles. The van der Waals surface area contributed by atoms with Gasteiger partial charge in [0, 0.05) is 22.4 Å². The number of rotatable bonds is 1. The maximum absolute atomic E-state index is 4.82. The van der Waals surface area contributed by atoms with Gasteiger partial charge in [-0.3, -0.25) is 0 Å². The molecule has 0 spiro atoms. The van der Waals surface area contributed by atoms with Crippen LogP contribution in [0.4, 0.5) is 0 Å². The molecular formula is C22H17N2S+. The van der Waals surface area contributed by atoms with Crippen LogP contribution in [0.2, 0.25) is 0 Å². The molecule has 0 radical (unpaired) electrons. The first-order valence-electron chi connectivity index (χ1n) is 8.38. The number of aryl methyl sites for hydroxylation is 2. The summed E-state index contributed by atoms with van der Waals surface area (Å²) in [4.78, 5) is 4.82. The Kier molecular flexibility index (Phi) is 3.12. The van der Waals surface area contributed by atoms with Crippen molar-refractivity contribution >= 4 is 43.2 Å². The lowest BCUT2D eigenvalue weighted by Crippen LogP contribution is -2.28. The highest BCUT2D eigenvalue weighted by atomic mass is 32.1. The van der Waals surface area contributed by atoms with Crippen LogP contribution in [0.5, 0.6) is 0 Å². The second-order valence-electron chi connectivity index (χ2n) is 6.55. The number of hydrogen-bond donors (Lipinski definition) is 0. The summed E-state index contributed by atoms with van der Waals surface area (Å²) >= 11 is 1.75. The van der Waals surface area contributed by atoms with Gasteiger partial charge in [0.25, 0.3) is 0 Å². The number of pyridine rings is 1. The Morgan fingerprint density at radius 1 is 0.920 bits per heavy atom. The van der Waals surface area contributed by atoms with E-state index in [0.717, 1.165) is 10.5 Å². The maximum Gasteiger partial charge on any atom is 0.212 e. The van der Waals surface area contributed by atoms with Gasteiger partial charge in [0.05, 0.1) is 15.6 Å². The van der Waals surface area contributed by atoms with Crippen LogP contribution >= 0.6 is 11.3 Å². The third-order valence-corrected chi connectivity index (χ3v) is 5.83. The summed E-state index contributed by atoms with van der Waals surface area (Å²) in [5.74, 6) is 0. The van der Waals surface area contributed by atoms with Crippen LogP contribution in [0.3, 0.4) is 0 Å². The Labute approximate surface area is 150 Å². The number of benzene rings is 3. The zero-order chi connectivity index (χ0) is 17.0. The van der Waals surface area contributed by atoms with E-state index in [0.29, 0.717) is 0 Å². The van der Waals surface area contributed by atoms with Crippen molar-refractivity contribution in [3.05, 3.63) is 72.4 Å². The predicted molar refractivity (Wildman–Crippen MR) is 106 cm³/mol. The molecule has 3 heteroatoms. The summed E-state index contributed by atoms with van der Waals surface area (Å²) in [5, 5.41) is 4.92. The zero-order valence-corrected chi connectivity index (χ0v) is 15.0. The normalized spacial score (nSPS) is 11.6. The number of fused-ring (bicyclic) bond motifs is 4. The second-order valence-corrected chi connectivity index (χ2v) is 7.58. The standard InChI is InChI=1S/C22H17N2S/c1-14-7-8-16-13-24(2)20-10-9-15(12-18(20)17(16)11-14)22-23-19-5-3-4-6-21(19)25-22/h3-13H,1-2H3/q+1. The molecule has 0 saturated heterocycles. The Morgan fingerprint density at radius 3 is 2.68 bits per heavy atom. The summed E-state index contributed by atoms with van der Waals surface area (Å²) < 4.78 is 3.44. The fourth-order valence-electron chi connectivity index (χ4n) is 3.48. The molecule has 0 amide bonds. The second kappa shape index (κ2) is 5.36. The lowest BCUT2D eigenvalue weighted by atomic mass is 10.0. The third-order valence-electron chi connectivity index (χ3n) is 4.75. The summed E-state index contributed by atoms with van der Waals surface area (Å²) in [6, 6.07) is 21.7. The minimum atomic E-state index is 1.07. The summed E-state index contributed by atoms with van der Waals surface area (Å²) in [7, 11) is 2.11. The van der Waals surface area contributed by atoms with Crippen LogP contribution in [-0.4, -0.2) is 4.98 Å². The van der Waals surface area contributed by atoms with Crippen molar-refractivity contribution in [1.29, 1.82) is 0 Å². The van der Waals surface area contributed by atoms with Crippen LogP contribution in [0.15, 0.2) is 66.9 Å². The van der Waals surface area contributed by atoms with Crippen LogP contribution in [0.25, 0.3) is 42.5 Å². The van der Waals surface area contributed by atoms with Gasteiger partial charge < -0.3 is 0 Å². The van der Waals surface area contributed by atoms with Gasteiger partial charge in [0.15, 0.2) is 6.20 Å². The van der Waals surface area contributed by atoms with Gasteiger partial charge in [-0.05, 0) is 37.3 Å². The van der Waals surface area contributed by atoms with E-state index in [-0.39, 0.29) is 0 Å². The summed E-state index contributed by atoms with van der Waals surface area (Å²) in [5.41, 5.74) is 4.78. The van der Waals surface area contributed by atoms with E-state index in [1.165, 1.54) is 37.5 Å². The number of nitrogens with zero attached hydrogens (tertiary/aromatic N) is 2. The predicted octanol–water partition coefficient (Wildman–Crippen LogP) is 5.40. The molecule has 5 aromatic rings. The molecule has 0 fully saturated rings. The highest BCUT2D eigenvalue weighted by Crippen LogP contribution is 2.33. The monoisotopic (exact) mass is 341 g/mol. The molecule has 0 aliphatic rings. The minimum absolute atomic E-state index is 1.07. The smallest absolute Gasteiger partial charge is 0.212 e. The van der Waals surface area contributed by atoms with Crippen molar-refractivity contribution in [3.63, 3.8) is 0 Å². The lowest BCUT2D eigenvalue weighted by Gasteiger charge is -2.05. The average Bonchev–Trinajstić information content (AvgIpc) is 3.06. The molecule has 2 heterocycles. The van der Waals surface area contributed by atoms with Gasteiger partial charge in [-0.1, -0.05) is 29.8 Å². The van der Waals surface area contributed by atoms with E-state index in [9.17, 15) is 0 Å². The van der Waals surface area contributed by atoms with E-state index in [4.69, 9.17) is 4.98 Å². The van der Waals surface area contributed by atoms with Crippen molar-refractivity contribution < 1.29 is 4.57 Å². The van der Waals surface area contributed by atoms with Crippen LogP contribution in [-0.2, 0) is 7.05 Å². The Hall–Kier alpha value is -2.78.